The smallest absolute Gasteiger partial charge is 0.416 e. The van der Waals surface area contributed by atoms with Crippen molar-refractivity contribution >= 4 is 23.3 Å². The standard InChI is InChI=1S/C20H16F3NO4/c1-12(25)13-5-7-17(8-6-13)28-19(27)14-9-18(26)24(11-14)16-4-2-3-15(10-16)20(21,22)23/h2-8,10,14H,9,11H2,1H3/t14-/m0/s1. The number of ketones is 1. The van der Waals surface area contributed by atoms with Crippen LogP contribution in [-0.2, 0) is 15.8 Å². The van der Waals surface area contributed by atoms with Crippen LogP contribution in [0.3, 0.4) is 0 Å². The van der Waals surface area contributed by atoms with Crippen LogP contribution in [0.15, 0.2) is 48.5 Å². The molecule has 0 saturated carbocycles. The number of benzene rings is 2. The highest BCUT2D eigenvalue weighted by Crippen LogP contribution is 2.33. The zero-order chi connectivity index (χ0) is 20.5. The summed E-state index contributed by atoms with van der Waals surface area (Å²) in [6.07, 6.45) is -4.68. The topological polar surface area (TPSA) is 63.7 Å². The fourth-order valence-corrected chi connectivity index (χ4v) is 2.92. The molecular weight excluding hydrogens is 375 g/mol. The third-order valence-electron chi connectivity index (χ3n) is 4.42. The molecule has 0 unspecified atom stereocenters. The number of hydrogen-bond donors (Lipinski definition) is 0. The van der Waals surface area contributed by atoms with Crippen LogP contribution in [0.25, 0.3) is 0 Å². The number of carbonyl (C=O) groups is 3. The Morgan fingerprint density at radius 2 is 1.79 bits per heavy atom. The lowest BCUT2D eigenvalue weighted by atomic mass is 10.1. The van der Waals surface area contributed by atoms with E-state index in [0.717, 1.165) is 17.0 Å². The number of esters is 1. The van der Waals surface area contributed by atoms with E-state index >= 15 is 0 Å². The first-order chi connectivity index (χ1) is 13.1. The minimum absolute atomic E-state index is 0.0650. The van der Waals surface area contributed by atoms with Crippen LogP contribution < -0.4 is 9.64 Å². The van der Waals surface area contributed by atoms with E-state index in [1.54, 1.807) is 0 Å². The molecule has 0 spiro atoms. The third kappa shape index (κ3) is 4.21. The second-order valence-corrected chi connectivity index (χ2v) is 6.46. The molecular formula is C20H16F3NO4. The van der Waals surface area contributed by atoms with Gasteiger partial charge in [0.1, 0.15) is 5.75 Å². The van der Waals surface area contributed by atoms with Gasteiger partial charge in [-0.2, -0.15) is 13.2 Å². The van der Waals surface area contributed by atoms with Crippen molar-refractivity contribution in [2.75, 3.05) is 11.4 Å². The predicted molar refractivity (Wildman–Crippen MR) is 94.0 cm³/mol. The Morgan fingerprint density at radius 1 is 1.11 bits per heavy atom. The van der Waals surface area contributed by atoms with Crippen molar-refractivity contribution in [1.29, 1.82) is 0 Å². The van der Waals surface area contributed by atoms with Gasteiger partial charge in [0.25, 0.3) is 0 Å². The largest absolute Gasteiger partial charge is 0.426 e. The van der Waals surface area contributed by atoms with Crippen molar-refractivity contribution in [2.24, 2.45) is 5.92 Å². The highest BCUT2D eigenvalue weighted by molar-refractivity contribution is 5.99. The van der Waals surface area contributed by atoms with Gasteiger partial charge in [0.2, 0.25) is 5.91 Å². The second kappa shape index (κ2) is 7.46. The summed E-state index contributed by atoms with van der Waals surface area (Å²) in [4.78, 5) is 37.0. The van der Waals surface area contributed by atoms with Gasteiger partial charge in [-0.05, 0) is 49.4 Å². The Hall–Kier alpha value is -3.16. The van der Waals surface area contributed by atoms with Gasteiger partial charge in [-0.25, -0.2) is 0 Å². The molecule has 1 aliphatic heterocycles. The lowest BCUT2D eigenvalue weighted by molar-refractivity contribution is -0.139. The molecule has 0 N–H and O–H groups in total. The van der Waals surface area contributed by atoms with Gasteiger partial charge in [0.05, 0.1) is 11.5 Å². The maximum Gasteiger partial charge on any atom is 0.416 e. The van der Waals surface area contributed by atoms with Gasteiger partial charge in [0, 0.05) is 24.2 Å². The van der Waals surface area contributed by atoms with Gasteiger partial charge in [0.15, 0.2) is 5.78 Å². The van der Waals surface area contributed by atoms with E-state index in [2.05, 4.69) is 0 Å². The summed E-state index contributed by atoms with van der Waals surface area (Å²) in [6, 6.07) is 10.4. The summed E-state index contributed by atoms with van der Waals surface area (Å²) in [6.45, 7) is 1.35. The Labute approximate surface area is 158 Å². The summed E-state index contributed by atoms with van der Waals surface area (Å²) in [5, 5.41) is 0. The van der Waals surface area contributed by atoms with E-state index in [-0.39, 0.29) is 30.2 Å². The highest BCUT2D eigenvalue weighted by atomic mass is 19.4. The molecule has 28 heavy (non-hydrogen) atoms. The molecule has 3 rings (SSSR count). The van der Waals surface area contributed by atoms with Crippen LogP contribution in [0.1, 0.15) is 29.3 Å². The Morgan fingerprint density at radius 3 is 2.39 bits per heavy atom. The predicted octanol–water partition coefficient (Wildman–Crippen LogP) is 3.87. The number of anilines is 1. The van der Waals surface area contributed by atoms with Crippen molar-refractivity contribution in [3.05, 3.63) is 59.7 Å². The minimum Gasteiger partial charge on any atom is -0.426 e. The summed E-state index contributed by atoms with van der Waals surface area (Å²) >= 11 is 0. The first-order valence-corrected chi connectivity index (χ1v) is 8.45. The lowest BCUT2D eigenvalue weighted by Gasteiger charge is -2.18. The van der Waals surface area contributed by atoms with Crippen molar-refractivity contribution in [1.82, 2.24) is 0 Å². The zero-order valence-corrected chi connectivity index (χ0v) is 14.8. The molecule has 146 valence electrons. The molecule has 2 aromatic carbocycles. The molecule has 1 saturated heterocycles. The summed E-state index contributed by atoms with van der Waals surface area (Å²) < 4.78 is 43.9. The average molecular weight is 391 g/mol. The number of amides is 1. The number of nitrogens with zero attached hydrogens (tertiary/aromatic N) is 1. The summed E-state index contributed by atoms with van der Waals surface area (Å²) in [7, 11) is 0. The van der Waals surface area contributed by atoms with Crippen LogP contribution >= 0.6 is 0 Å². The van der Waals surface area contributed by atoms with Gasteiger partial charge >= 0.3 is 12.1 Å². The number of ether oxygens (including phenoxy) is 1. The average Bonchev–Trinajstić information content (AvgIpc) is 3.03. The number of rotatable bonds is 4. The van der Waals surface area contributed by atoms with E-state index in [1.807, 2.05) is 0 Å². The molecule has 1 atom stereocenters. The number of alkyl halides is 3. The third-order valence-corrected chi connectivity index (χ3v) is 4.42. The fourth-order valence-electron chi connectivity index (χ4n) is 2.92. The molecule has 0 radical (unpaired) electrons. The second-order valence-electron chi connectivity index (χ2n) is 6.46. The first-order valence-electron chi connectivity index (χ1n) is 8.45. The fraction of sp³-hybridized carbons (Fsp3) is 0.250. The molecule has 1 heterocycles. The van der Waals surface area contributed by atoms with Crippen molar-refractivity contribution in [3.8, 4) is 5.75 Å². The molecule has 5 nitrogen and oxygen atoms in total. The SMILES string of the molecule is CC(=O)c1ccc(OC(=O)[C@H]2CC(=O)N(c3cccc(C(F)(F)F)c3)C2)cc1. The van der Waals surface area contributed by atoms with Crippen LogP contribution in [0.4, 0.5) is 18.9 Å². The van der Waals surface area contributed by atoms with Crippen LogP contribution in [0, 0.1) is 5.92 Å². The van der Waals surface area contributed by atoms with Gasteiger partial charge in [-0.3, -0.25) is 14.4 Å². The quantitative estimate of drug-likeness (QED) is 0.451. The number of carbonyl (C=O) groups excluding carboxylic acids is 3. The summed E-state index contributed by atoms with van der Waals surface area (Å²) in [5.74, 6) is -1.81. The van der Waals surface area contributed by atoms with Gasteiger partial charge < -0.3 is 9.64 Å². The Kier molecular flexibility index (Phi) is 5.22. The van der Waals surface area contributed by atoms with Crippen molar-refractivity contribution < 1.29 is 32.3 Å². The van der Waals surface area contributed by atoms with Crippen molar-refractivity contribution in [2.45, 2.75) is 19.5 Å². The number of hydrogen-bond acceptors (Lipinski definition) is 4. The van der Waals surface area contributed by atoms with Gasteiger partial charge in [-0.1, -0.05) is 6.07 Å². The van der Waals surface area contributed by atoms with Crippen LogP contribution in [-0.4, -0.2) is 24.2 Å². The molecule has 2 aromatic rings. The lowest BCUT2D eigenvalue weighted by Crippen LogP contribution is -2.27. The van der Waals surface area contributed by atoms with E-state index in [4.69, 9.17) is 4.74 Å². The molecule has 0 bridgehead atoms. The Balaban J connectivity index is 1.70. The van der Waals surface area contributed by atoms with Crippen LogP contribution in [0.2, 0.25) is 0 Å². The zero-order valence-electron chi connectivity index (χ0n) is 14.8. The Bertz CT molecular complexity index is 922. The molecule has 8 heteroatoms. The molecule has 0 aromatic heterocycles. The van der Waals surface area contributed by atoms with Crippen LogP contribution in [0.5, 0.6) is 5.75 Å². The minimum atomic E-state index is -4.52. The van der Waals surface area contributed by atoms with Crippen molar-refractivity contribution in [3.63, 3.8) is 0 Å². The van der Waals surface area contributed by atoms with E-state index in [1.165, 1.54) is 43.3 Å². The van der Waals surface area contributed by atoms with E-state index in [9.17, 15) is 27.6 Å². The maximum absolute atomic E-state index is 12.9. The molecule has 0 aliphatic carbocycles. The maximum atomic E-state index is 12.9. The molecule has 1 amide bonds. The van der Waals surface area contributed by atoms with E-state index < -0.39 is 29.5 Å². The first kappa shape index (κ1) is 19.6. The van der Waals surface area contributed by atoms with Gasteiger partial charge in [-0.15, -0.1) is 0 Å². The normalized spacial score (nSPS) is 16.9. The molecule has 1 aliphatic rings. The van der Waals surface area contributed by atoms with E-state index in [0.29, 0.717) is 5.56 Å². The summed E-state index contributed by atoms with van der Waals surface area (Å²) in [5.41, 5.74) is -0.318. The number of halogens is 3. The highest BCUT2D eigenvalue weighted by Gasteiger charge is 2.37. The molecule has 1 fully saturated rings. The number of Topliss-reactive ketones (excluding diaryl/α,β-unsaturated/α-hetero) is 1. The monoisotopic (exact) mass is 391 g/mol.